The second kappa shape index (κ2) is 7.87. The smallest absolute Gasteiger partial charge is 0.321 e. The molecule has 3 aromatic rings. The van der Waals surface area contributed by atoms with Crippen molar-refractivity contribution in [3.8, 4) is 11.5 Å². The van der Waals surface area contributed by atoms with Gasteiger partial charge in [0.15, 0.2) is 0 Å². The highest BCUT2D eigenvalue weighted by atomic mass is 79.9. The number of nitrogens with zero attached hydrogens (tertiary/aromatic N) is 4. The van der Waals surface area contributed by atoms with Gasteiger partial charge in [-0.05, 0) is 49.2 Å². The molecular formula is C19H18BrN5O2. The average Bonchev–Trinajstić information content (AvgIpc) is 3.21. The first-order valence-electron chi connectivity index (χ1n) is 8.75. The first kappa shape index (κ1) is 17.7. The molecule has 0 aliphatic carbocycles. The molecule has 8 heteroatoms. The van der Waals surface area contributed by atoms with Crippen LogP contribution >= 0.6 is 15.9 Å². The van der Waals surface area contributed by atoms with E-state index in [-0.39, 0.29) is 11.9 Å². The summed E-state index contributed by atoms with van der Waals surface area (Å²) < 4.78 is 6.41. The van der Waals surface area contributed by atoms with Crippen molar-refractivity contribution in [2.24, 2.45) is 0 Å². The number of anilines is 1. The van der Waals surface area contributed by atoms with Crippen LogP contribution < -0.4 is 5.32 Å². The number of carbonyl (C=O) groups is 1. The number of hydrogen-bond acceptors (Lipinski definition) is 5. The number of aromatic nitrogens is 3. The Balaban J connectivity index is 1.34. The maximum Gasteiger partial charge on any atom is 0.321 e. The van der Waals surface area contributed by atoms with Crippen LogP contribution in [0.1, 0.15) is 24.7 Å². The second-order valence-electron chi connectivity index (χ2n) is 6.37. The number of hydrogen-bond donors (Lipinski definition) is 1. The van der Waals surface area contributed by atoms with Gasteiger partial charge in [0.25, 0.3) is 0 Å². The fourth-order valence-corrected chi connectivity index (χ4v) is 3.33. The summed E-state index contributed by atoms with van der Waals surface area (Å²) in [5.74, 6) is 1.27. The Morgan fingerprint density at radius 1 is 1.15 bits per heavy atom. The van der Waals surface area contributed by atoms with Crippen LogP contribution in [0.3, 0.4) is 0 Å². The van der Waals surface area contributed by atoms with Crippen LogP contribution in [0.2, 0.25) is 0 Å². The summed E-state index contributed by atoms with van der Waals surface area (Å²) in [6.45, 7) is 1.29. The predicted octanol–water partition coefficient (Wildman–Crippen LogP) is 4.31. The van der Waals surface area contributed by atoms with Gasteiger partial charge < -0.3 is 14.7 Å². The van der Waals surface area contributed by atoms with Crippen LogP contribution in [0, 0.1) is 0 Å². The number of rotatable bonds is 3. The molecule has 138 valence electrons. The molecule has 1 N–H and O–H groups in total. The summed E-state index contributed by atoms with van der Waals surface area (Å²) in [4.78, 5) is 23.0. The van der Waals surface area contributed by atoms with E-state index in [0.717, 1.165) is 23.0 Å². The van der Waals surface area contributed by atoms with E-state index in [1.165, 1.54) is 0 Å². The molecule has 4 rings (SSSR count). The van der Waals surface area contributed by atoms with Crippen molar-refractivity contribution < 1.29 is 9.32 Å². The lowest BCUT2D eigenvalue weighted by Crippen LogP contribution is -2.40. The largest absolute Gasteiger partial charge is 0.339 e. The Hall–Kier alpha value is -2.74. The van der Waals surface area contributed by atoms with Crippen LogP contribution in [0.25, 0.3) is 11.5 Å². The topological polar surface area (TPSA) is 84.2 Å². The summed E-state index contributed by atoms with van der Waals surface area (Å²) in [6.07, 6.45) is 3.28. The van der Waals surface area contributed by atoms with Crippen molar-refractivity contribution in [2.45, 2.75) is 18.8 Å². The van der Waals surface area contributed by atoms with Gasteiger partial charge in [0.2, 0.25) is 11.7 Å². The van der Waals surface area contributed by atoms with Crippen molar-refractivity contribution in [1.82, 2.24) is 20.0 Å². The number of urea groups is 1. The summed E-state index contributed by atoms with van der Waals surface area (Å²) in [5.41, 5.74) is 1.47. The first-order valence-corrected chi connectivity index (χ1v) is 9.55. The number of pyridine rings is 1. The maximum atomic E-state index is 12.4. The Morgan fingerprint density at radius 2 is 1.93 bits per heavy atom. The fraction of sp³-hybridized carbons (Fsp3) is 0.263. The van der Waals surface area contributed by atoms with Gasteiger partial charge in [-0.3, -0.25) is 4.98 Å². The first-order chi connectivity index (χ1) is 13.2. The molecule has 2 aromatic heterocycles. The van der Waals surface area contributed by atoms with Gasteiger partial charge in [0, 0.05) is 35.4 Å². The van der Waals surface area contributed by atoms with Crippen LogP contribution in [0.15, 0.2) is 57.7 Å². The molecule has 1 fully saturated rings. The van der Waals surface area contributed by atoms with Gasteiger partial charge in [-0.15, -0.1) is 0 Å². The second-order valence-corrected chi connectivity index (χ2v) is 7.29. The van der Waals surface area contributed by atoms with Gasteiger partial charge in [-0.25, -0.2) is 4.79 Å². The summed E-state index contributed by atoms with van der Waals surface area (Å²) in [7, 11) is 0. The van der Waals surface area contributed by atoms with Crippen molar-refractivity contribution in [1.29, 1.82) is 0 Å². The Labute approximate surface area is 164 Å². The number of amides is 2. The number of likely N-dealkylation sites (tertiary alicyclic amines) is 1. The third kappa shape index (κ3) is 4.16. The average molecular weight is 428 g/mol. The molecule has 27 heavy (non-hydrogen) atoms. The van der Waals surface area contributed by atoms with E-state index in [2.05, 4.69) is 36.4 Å². The number of carbonyl (C=O) groups excluding carboxylic acids is 1. The Kier molecular flexibility index (Phi) is 5.15. The Bertz CT molecular complexity index is 905. The lowest BCUT2D eigenvalue weighted by molar-refractivity contribution is 0.187. The van der Waals surface area contributed by atoms with E-state index in [1.54, 1.807) is 6.20 Å². The minimum absolute atomic E-state index is 0.0875. The standard InChI is InChI=1S/C19H18BrN5O2/c20-14-4-6-15(7-5-14)22-19(26)25-11-8-13(9-12-25)18-23-17(24-27-18)16-3-1-2-10-21-16/h1-7,10,13H,8-9,11-12H2,(H,22,26). The van der Waals surface area contributed by atoms with Crippen molar-refractivity contribution in [2.75, 3.05) is 18.4 Å². The summed E-state index contributed by atoms with van der Waals surface area (Å²) >= 11 is 3.39. The zero-order chi connectivity index (χ0) is 18.6. The molecule has 2 amide bonds. The molecule has 0 radical (unpaired) electrons. The van der Waals surface area contributed by atoms with Gasteiger partial charge >= 0.3 is 6.03 Å². The zero-order valence-electron chi connectivity index (χ0n) is 14.5. The summed E-state index contributed by atoms with van der Waals surface area (Å²) in [5, 5.41) is 6.96. The third-order valence-corrected chi connectivity index (χ3v) is 5.09. The molecule has 1 aliphatic rings. The number of piperidine rings is 1. The van der Waals surface area contributed by atoms with Crippen LogP contribution in [-0.2, 0) is 0 Å². The van der Waals surface area contributed by atoms with Crippen LogP contribution in [-0.4, -0.2) is 39.1 Å². The molecule has 1 aromatic carbocycles. The predicted molar refractivity (Wildman–Crippen MR) is 104 cm³/mol. The Morgan fingerprint density at radius 3 is 2.63 bits per heavy atom. The molecule has 1 aliphatic heterocycles. The minimum atomic E-state index is -0.0875. The van der Waals surface area contributed by atoms with Crippen molar-refractivity contribution in [3.63, 3.8) is 0 Å². The molecular weight excluding hydrogens is 410 g/mol. The number of benzene rings is 1. The SMILES string of the molecule is O=C(Nc1ccc(Br)cc1)N1CCC(c2nc(-c3ccccn3)no2)CC1. The van der Waals surface area contributed by atoms with E-state index >= 15 is 0 Å². The number of nitrogens with one attached hydrogen (secondary N) is 1. The molecule has 0 spiro atoms. The van der Waals surface area contributed by atoms with E-state index in [0.29, 0.717) is 30.5 Å². The monoisotopic (exact) mass is 427 g/mol. The highest BCUT2D eigenvalue weighted by Gasteiger charge is 2.27. The van der Waals surface area contributed by atoms with E-state index in [4.69, 9.17) is 4.52 Å². The normalized spacial score (nSPS) is 14.9. The lowest BCUT2D eigenvalue weighted by atomic mass is 9.97. The highest BCUT2D eigenvalue weighted by molar-refractivity contribution is 9.10. The maximum absolute atomic E-state index is 12.4. The van der Waals surface area contributed by atoms with Crippen LogP contribution in [0.5, 0.6) is 0 Å². The molecule has 0 unspecified atom stereocenters. The molecule has 7 nitrogen and oxygen atoms in total. The van der Waals surface area contributed by atoms with Gasteiger partial charge in [-0.1, -0.05) is 27.2 Å². The summed E-state index contributed by atoms with van der Waals surface area (Å²) in [6, 6.07) is 13.0. The van der Waals surface area contributed by atoms with Crippen LogP contribution in [0.4, 0.5) is 10.5 Å². The van der Waals surface area contributed by atoms with E-state index in [9.17, 15) is 4.79 Å². The van der Waals surface area contributed by atoms with Gasteiger partial charge in [0.1, 0.15) is 5.69 Å². The quantitative estimate of drug-likeness (QED) is 0.672. The lowest BCUT2D eigenvalue weighted by Gasteiger charge is -2.30. The molecule has 0 atom stereocenters. The zero-order valence-corrected chi connectivity index (χ0v) is 16.1. The molecule has 1 saturated heterocycles. The van der Waals surface area contributed by atoms with E-state index in [1.807, 2.05) is 47.4 Å². The third-order valence-electron chi connectivity index (χ3n) is 4.56. The van der Waals surface area contributed by atoms with Gasteiger partial charge in [0.05, 0.1) is 0 Å². The fourth-order valence-electron chi connectivity index (χ4n) is 3.07. The van der Waals surface area contributed by atoms with E-state index < -0.39 is 0 Å². The number of halogens is 1. The highest BCUT2D eigenvalue weighted by Crippen LogP contribution is 2.28. The van der Waals surface area contributed by atoms with Crippen molar-refractivity contribution in [3.05, 3.63) is 59.0 Å². The molecule has 0 saturated carbocycles. The molecule has 3 heterocycles. The molecule has 0 bridgehead atoms. The van der Waals surface area contributed by atoms with Gasteiger partial charge in [-0.2, -0.15) is 4.98 Å². The minimum Gasteiger partial charge on any atom is -0.339 e. The van der Waals surface area contributed by atoms with Crippen molar-refractivity contribution >= 4 is 27.6 Å².